The minimum Gasteiger partial charge on any atom is -0.396 e. The van der Waals surface area contributed by atoms with Crippen LogP contribution in [0.5, 0.6) is 0 Å². The Hall–Kier alpha value is -2.08. The molecule has 2 aromatic rings. The highest BCUT2D eigenvalue weighted by molar-refractivity contribution is 5.71. The number of fused-ring (bicyclic) bond motifs is 1. The number of halogens is 1. The van der Waals surface area contributed by atoms with Crippen molar-refractivity contribution >= 4 is 17.1 Å². The number of H-pyrrole nitrogens is 1. The molecule has 3 heterocycles. The first-order chi connectivity index (χ1) is 13.3. The van der Waals surface area contributed by atoms with Crippen LogP contribution in [0.2, 0.25) is 0 Å². The number of hydrogen-bond donors (Lipinski definition) is 5. The van der Waals surface area contributed by atoms with Gasteiger partial charge in [0.1, 0.15) is 12.2 Å². The number of aromatic nitrogens is 4. The minimum absolute atomic E-state index is 0.0396. The number of nitrogens with zero attached hydrogens (tertiary/aromatic N) is 3. The molecule has 1 aliphatic rings. The Morgan fingerprint density at radius 1 is 1.65 bits per heavy atom. The highest BCUT2D eigenvalue weighted by Gasteiger charge is 2.62. The number of nitrogens with one attached hydrogen (secondary N) is 2. The molecule has 1 fully saturated rings. The smallest absolute Gasteiger partial charge is 0.280 e. The van der Waals surface area contributed by atoms with Gasteiger partial charge >= 0.3 is 0 Å². The molecule has 2 aromatic heterocycles. The van der Waals surface area contributed by atoms with Crippen LogP contribution in [0.3, 0.4) is 0 Å². The summed E-state index contributed by atoms with van der Waals surface area (Å²) in [4.78, 5) is 22.9. The molecule has 0 bridgehead atoms. The predicted octanol–water partition coefficient (Wildman–Crippen LogP) is -0.512. The second-order valence-corrected chi connectivity index (χ2v) is 6.35. The zero-order valence-electron chi connectivity index (χ0n) is 16.1. The highest BCUT2D eigenvalue weighted by atomic mass is 19.2. The van der Waals surface area contributed by atoms with Crippen molar-refractivity contribution in [1.29, 1.82) is 1.43 Å². The van der Waals surface area contributed by atoms with Crippen molar-refractivity contribution in [3.63, 3.8) is 0 Å². The monoisotopic (exact) mass is 375 g/mol. The van der Waals surface area contributed by atoms with Gasteiger partial charge in [0, 0.05) is 14.5 Å². The quantitative estimate of drug-likeness (QED) is 0.435. The molecule has 0 aromatic carbocycles. The van der Waals surface area contributed by atoms with Gasteiger partial charge < -0.3 is 25.4 Å². The summed E-state index contributed by atoms with van der Waals surface area (Å²) < 4.78 is 35.7. The van der Waals surface area contributed by atoms with Gasteiger partial charge in [-0.15, -0.1) is 0 Å². The van der Waals surface area contributed by atoms with E-state index < -0.39 is 35.8 Å². The molecular weight excluding hydrogens is 349 g/mol. The first kappa shape index (κ1) is 16.1. The molecule has 0 radical (unpaired) electrons. The van der Waals surface area contributed by atoms with Gasteiger partial charge in [0.2, 0.25) is 13.2 Å². The average molecular weight is 375 g/mol. The van der Waals surface area contributed by atoms with Crippen LogP contribution < -0.4 is 10.9 Å². The van der Waals surface area contributed by atoms with Gasteiger partial charge in [0.05, 0.1) is 12.2 Å². The standard InChI is InChI=1S/C15H22FN5O5/c1-3-17-13-19-10-9(11(24)20-13)18-7-21(10)12-14(2,25)8(4-5-22)15(16,6-23)26-12/h7-8,12,22-23,25H,3-6H2,1-2H3,(H2,17,19,20,24)/t8-,12+,14+,15+/m0/s1/i1T,22T. The van der Waals surface area contributed by atoms with E-state index in [1.165, 1.54) is 17.8 Å². The van der Waals surface area contributed by atoms with Gasteiger partial charge in [-0.05, 0) is 20.2 Å². The number of aromatic amines is 1. The van der Waals surface area contributed by atoms with E-state index >= 15 is 4.39 Å². The van der Waals surface area contributed by atoms with Crippen LogP contribution in [0.1, 0.15) is 27.8 Å². The predicted molar refractivity (Wildman–Crippen MR) is 89.2 cm³/mol. The largest absolute Gasteiger partial charge is 0.396 e. The molecule has 1 aliphatic heterocycles. The lowest BCUT2D eigenvalue weighted by Crippen LogP contribution is -2.44. The zero-order valence-corrected chi connectivity index (χ0v) is 14.1. The lowest BCUT2D eigenvalue weighted by atomic mass is 9.83. The van der Waals surface area contributed by atoms with Crippen LogP contribution in [0, 0.1) is 5.92 Å². The Morgan fingerprint density at radius 2 is 2.46 bits per heavy atom. The van der Waals surface area contributed by atoms with Crippen LogP contribution in [-0.2, 0) is 4.74 Å². The Bertz CT molecular complexity index is 893. The summed E-state index contributed by atoms with van der Waals surface area (Å²) in [6.07, 6.45) is -0.230. The normalized spacial score (nSPS) is 32.6. The van der Waals surface area contributed by atoms with Crippen molar-refractivity contribution in [2.24, 2.45) is 5.92 Å². The molecule has 1 saturated heterocycles. The molecule has 4 atom stereocenters. The van der Waals surface area contributed by atoms with E-state index in [1.807, 2.05) is 0 Å². The Kier molecular flexibility index (Phi) is 4.08. The molecule has 0 unspecified atom stereocenters. The number of ether oxygens (including phenoxy) is 1. The summed E-state index contributed by atoms with van der Waals surface area (Å²) in [5, 5.41) is 27.5. The molecule has 3 rings (SSSR count). The summed E-state index contributed by atoms with van der Waals surface area (Å²) in [7, 11) is 0. The van der Waals surface area contributed by atoms with Crippen molar-refractivity contribution < 1.29 is 25.8 Å². The van der Waals surface area contributed by atoms with Crippen LogP contribution in [0.4, 0.5) is 10.3 Å². The molecule has 0 amide bonds. The van der Waals surface area contributed by atoms with Gasteiger partial charge in [0.15, 0.2) is 17.4 Å². The first-order valence-electron chi connectivity index (χ1n) is 9.18. The zero-order chi connectivity index (χ0) is 20.5. The van der Waals surface area contributed by atoms with Crippen molar-refractivity contribution in [2.45, 2.75) is 37.9 Å². The summed E-state index contributed by atoms with van der Waals surface area (Å²) in [5.41, 5.74) is -2.38. The van der Waals surface area contributed by atoms with E-state index in [1.54, 1.807) is 0 Å². The Morgan fingerprint density at radius 3 is 3.15 bits per heavy atom. The summed E-state index contributed by atoms with van der Waals surface area (Å²) in [6.45, 7) is 0.447. The third kappa shape index (κ3) is 2.76. The maximum absolute atomic E-state index is 15.2. The highest BCUT2D eigenvalue weighted by Crippen LogP contribution is 2.51. The minimum atomic E-state index is -2.59. The second-order valence-electron chi connectivity index (χ2n) is 6.35. The van der Waals surface area contributed by atoms with E-state index in [0.717, 1.165) is 0 Å². The molecule has 10 nitrogen and oxygen atoms in total. The van der Waals surface area contributed by atoms with Crippen molar-refractivity contribution in [2.75, 3.05) is 25.1 Å². The van der Waals surface area contributed by atoms with E-state index in [9.17, 15) is 15.0 Å². The second kappa shape index (κ2) is 6.58. The lowest BCUT2D eigenvalue weighted by Gasteiger charge is -2.30. The SMILES string of the molecule is [3H]CCNc1nc2c(ncn2[C@@H]2O[C@](F)(CO)[C@@H](CCO[3H])[C@@]2(C)O)c(=O)[nH]1. The molecule has 144 valence electrons. The van der Waals surface area contributed by atoms with Gasteiger partial charge in [-0.1, -0.05) is 0 Å². The van der Waals surface area contributed by atoms with Gasteiger partial charge in [-0.25, -0.2) is 9.37 Å². The van der Waals surface area contributed by atoms with Crippen LogP contribution in [0.25, 0.3) is 11.2 Å². The number of imidazole rings is 1. The Labute approximate surface area is 150 Å². The number of alkyl halides is 1. The van der Waals surface area contributed by atoms with E-state index in [-0.39, 0.29) is 43.6 Å². The fourth-order valence-corrected chi connectivity index (χ4v) is 3.41. The van der Waals surface area contributed by atoms with Gasteiger partial charge in [0.25, 0.3) is 5.56 Å². The van der Waals surface area contributed by atoms with Crippen LogP contribution in [-0.4, -0.2) is 67.5 Å². The number of rotatable bonds is 7. The number of anilines is 1. The van der Waals surface area contributed by atoms with E-state index in [0.29, 0.717) is 0 Å². The molecular formula is C15H22FN5O5. The van der Waals surface area contributed by atoms with Crippen molar-refractivity contribution in [1.82, 2.24) is 19.5 Å². The fraction of sp³-hybridized carbons (Fsp3) is 0.667. The number of aliphatic hydroxyl groups is 3. The number of aliphatic hydroxyl groups excluding tert-OH is 2. The topological polar surface area (TPSA) is 146 Å². The van der Waals surface area contributed by atoms with Crippen molar-refractivity contribution in [3.05, 3.63) is 16.7 Å². The van der Waals surface area contributed by atoms with E-state index in [4.69, 9.17) is 7.54 Å². The third-order valence-electron chi connectivity index (χ3n) is 4.63. The molecule has 11 heteroatoms. The summed E-state index contributed by atoms with van der Waals surface area (Å²) >= 11 is 0. The first-order valence-corrected chi connectivity index (χ1v) is 8.06. The van der Waals surface area contributed by atoms with Gasteiger partial charge in [-0.2, -0.15) is 4.98 Å². The van der Waals surface area contributed by atoms with E-state index in [2.05, 4.69) is 25.4 Å². The number of hydrogen-bond acceptors (Lipinski definition) is 8. The summed E-state index contributed by atoms with van der Waals surface area (Å²) in [5.74, 6) is -3.70. The molecule has 0 spiro atoms. The maximum atomic E-state index is 15.2. The Balaban J connectivity index is 2.06. The van der Waals surface area contributed by atoms with Crippen molar-refractivity contribution in [3.8, 4) is 0 Å². The molecule has 0 saturated carbocycles. The maximum Gasteiger partial charge on any atom is 0.280 e. The summed E-state index contributed by atoms with van der Waals surface area (Å²) in [6, 6.07) is 0. The van der Waals surface area contributed by atoms with Crippen LogP contribution in [0.15, 0.2) is 11.1 Å². The van der Waals surface area contributed by atoms with Crippen LogP contribution >= 0.6 is 0 Å². The third-order valence-corrected chi connectivity index (χ3v) is 4.63. The lowest BCUT2D eigenvalue weighted by molar-refractivity contribution is -0.195. The average Bonchev–Trinajstić information content (AvgIpc) is 3.16. The molecule has 0 aliphatic carbocycles. The molecule has 5 N–H and O–H groups in total. The van der Waals surface area contributed by atoms with Gasteiger partial charge in [-0.3, -0.25) is 14.3 Å². The fourth-order valence-electron chi connectivity index (χ4n) is 3.41. The molecule has 26 heavy (non-hydrogen) atoms.